The minimum absolute atomic E-state index is 0.119. The number of hydrogen-bond acceptors (Lipinski definition) is 2. The Morgan fingerprint density at radius 1 is 1.27 bits per heavy atom. The summed E-state index contributed by atoms with van der Waals surface area (Å²) in [5, 5.41) is 3.27. The van der Waals surface area contributed by atoms with E-state index in [2.05, 4.69) is 5.32 Å². The molecular formula is C11H13F2NS. The highest BCUT2D eigenvalue weighted by Gasteiger charge is 2.42. The molecule has 1 saturated carbocycles. The van der Waals surface area contributed by atoms with Gasteiger partial charge in [-0.1, -0.05) is 23.9 Å². The van der Waals surface area contributed by atoms with Crippen LogP contribution < -0.4 is 5.32 Å². The van der Waals surface area contributed by atoms with Gasteiger partial charge in [0.25, 0.3) is 5.76 Å². The van der Waals surface area contributed by atoms with Crippen LogP contribution in [0.5, 0.6) is 0 Å². The van der Waals surface area contributed by atoms with Gasteiger partial charge in [-0.25, -0.2) is 0 Å². The number of alkyl halides is 2. The van der Waals surface area contributed by atoms with Gasteiger partial charge < -0.3 is 5.32 Å². The highest BCUT2D eigenvalue weighted by Crippen LogP contribution is 2.45. The van der Waals surface area contributed by atoms with Crippen molar-refractivity contribution < 1.29 is 8.78 Å². The lowest BCUT2D eigenvalue weighted by Gasteiger charge is -2.14. The summed E-state index contributed by atoms with van der Waals surface area (Å²) in [5.41, 5.74) is 1.32. The van der Waals surface area contributed by atoms with Gasteiger partial charge in [-0.15, -0.1) is 0 Å². The van der Waals surface area contributed by atoms with Crippen LogP contribution in [-0.2, 0) is 5.54 Å². The molecule has 2 rings (SSSR count). The number of rotatable bonds is 4. The molecule has 0 aliphatic heterocycles. The normalized spacial score (nSPS) is 18.1. The van der Waals surface area contributed by atoms with Gasteiger partial charge in [-0.3, -0.25) is 0 Å². The summed E-state index contributed by atoms with van der Waals surface area (Å²) in [6, 6.07) is 7.41. The van der Waals surface area contributed by atoms with Gasteiger partial charge in [0.1, 0.15) is 0 Å². The largest absolute Gasteiger partial charge is 0.310 e. The minimum Gasteiger partial charge on any atom is -0.310 e. The second-order valence-electron chi connectivity index (χ2n) is 3.73. The van der Waals surface area contributed by atoms with Crippen LogP contribution in [0.1, 0.15) is 18.4 Å². The molecule has 1 nitrogen and oxygen atoms in total. The first kappa shape index (κ1) is 10.9. The fraction of sp³-hybridized carbons (Fsp3) is 0.455. The Labute approximate surface area is 92.3 Å². The Morgan fingerprint density at radius 2 is 1.87 bits per heavy atom. The smallest absolute Gasteiger partial charge is 0.288 e. The topological polar surface area (TPSA) is 12.0 Å². The van der Waals surface area contributed by atoms with Crippen molar-refractivity contribution in [1.29, 1.82) is 0 Å². The third-order valence-electron chi connectivity index (χ3n) is 2.86. The molecule has 1 aromatic carbocycles. The summed E-state index contributed by atoms with van der Waals surface area (Å²) in [5.74, 6) is -2.34. The molecule has 82 valence electrons. The lowest BCUT2D eigenvalue weighted by atomic mass is 10.1. The zero-order valence-electron chi connectivity index (χ0n) is 8.47. The van der Waals surface area contributed by atoms with Crippen LogP contribution in [0.3, 0.4) is 0 Å². The van der Waals surface area contributed by atoms with E-state index in [-0.39, 0.29) is 5.54 Å². The maximum atomic E-state index is 12.1. The second kappa shape index (κ2) is 4.10. The summed E-state index contributed by atoms with van der Waals surface area (Å²) in [6.45, 7) is 0. The first-order chi connectivity index (χ1) is 7.16. The molecule has 1 aliphatic rings. The molecule has 0 aromatic heterocycles. The van der Waals surface area contributed by atoms with E-state index < -0.39 is 5.76 Å². The van der Waals surface area contributed by atoms with Gasteiger partial charge in [0, 0.05) is 10.4 Å². The van der Waals surface area contributed by atoms with Crippen molar-refractivity contribution in [2.75, 3.05) is 7.05 Å². The van der Waals surface area contributed by atoms with Crippen LogP contribution in [0.25, 0.3) is 0 Å². The Morgan fingerprint density at radius 3 is 2.27 bits per heavy atom. The standard InChI is InChI=1S/C11H13F2NS/c1-14-11(6-7-11)8-2-4-9(5-3-8)15-10(12)13/h2-5,10,14H,6-7H2,1H3. The monoisotopic (exact) mass is 229 g/mol. The number of hydrogen-bond donors (Lipinski definition) is 1. The fourth-order valence-electron chi connectivity index (χ4n) is 1.76. The highest BCUT2D eigenvalue weighted by molar-refractivity contribution is 7.99. The molecule has 1 aromatic rings. The molecule has 0 spiro atoms. The zero-order valence-corrected chi connectivity index (χ0v) is 9.28. The first-order valence-corrected chi connectivity index (χ1v) is 5.78. The summed E-state index contributed by atoms with van der Waals surface area (Å²) in [4.78, 5) is 0.626. The Balaban J connectivity index is 2.10. The van der Waals surface area contributed by atoms with Gasteiger partial charge in [-0.05, 0) is 37.6 Å². The zero-order chi connectivity index (χ0) is 10.9. The molecular weight excluding hydrogens is 216 g/mol. The van der Waals surface area contributed by atoms with Crippen LogP contribution in [0.2, 0.25) is 0 Å². The van der Waals surface area contributed by atoms with Crippen molar-refractivity contribution in [1.82, 2.24) is 5.32 Å². The SMILES string of the molecule is CNC1(c2ccc(SC(F)F)cc2)CC1. The summed E-state index contributed by atoms with van der Waals surface area (Å²) in [6.07, 6.45) is 2.26. The Bertz CT molecular complexity index is 333. The quantitative estimate of drug-likeness (QED) is 0.796. The van der Waals surface area contributed by atoms with E-state index >= 15 is 0 Å². The fourth-order valence-corrected chi connectivity index (χ4v) is 2.26. The molecule has 0 unspecified atom stereocenters. The van der Waals surface area contributed by atoms with E-state index in [1.807, 2.05) is 19.2 Å². The average Bonchev–Trinajstić information content (AvgIpc) is 2.99. The van der Waals surface area contributed by atoms with Crippen LogP contribution >= 0.6 is 11.8 Å². The van der Waals surface area contributed by atoms with Gasteiger partial charge in [-0.2, -0.15) is 8.78 Å². The minimum atomic E-state index is -2.34. The molecule has 0 bridgehead atoms. The molecule has 15 heavy (non-hydrogen) atoms. The molecule has 0 saturated heterocycles. The number of benzene rings is 1. The number of thioether (sulfide) groups is 1. The predicted octanol–water partition coefficient (Wildman–Crippen LogP) is 3.21. The molecule has 1 aliphatic carbocycles. The molecule has 0 heterocycles. The van der Waals surface area contributed by atoms with Crippen LogP contribution in [-0.4, -0.2) is 12.8 Å². The third-order valence-corrected chi connectivity index (χ3v) is 3.58. The van der Waals surface area contributed by atoms with Gasteiger partial charge >= 0.3 is 0 Å². The van der Waals surface area contributed by atoms with Crippen molar-refractivity contribution >= 4 is 11.8 Å². The lowest BCUT2D eigenvalue weighted by molar-refractivity contribution is 0.252. The van der Waals surface area contributed by atoms with Crippen molar-refractivity contribution in [3.8, 4) is 0 Å². The summed E-state index contributed by atoms with van der Waals surface area (Å²) >= 11 is 0.592. The number of halogens is 2. The first-order valence-electron chi connectivity index (χ1n) is 4.90. The lowest BCUT2D eigenvalue weighted by Crippen LogP contribution is -2.24. The van der Waals surface area contributed by atoms with Crippen LogP contribution in [0.4, 0.5) is 8.78 Å². The van der Waals surface area contributed by atoms with Crippen molar-refractivity contribution in [2.24, 2.45) is 0 Å². The Hall–Kier alpha value is -0.610. The molecule has 4 heteroatoms. The van der Waals surface area contributed by atoms with Crippen LogP contribution in [0.15, 0.2) is 29.2 Å². The van der Waals surface area contributed by atoms with Crippen molar-refractivity contribution in [2.45, 2.75) is 29.0 Å². The maximum absolute atomic E-state index is 12.1. The van der Waals surface area contributed by atoms with Gasteiger partial charge in [0.15, 0.2) is 0 Å². The maximum Gasteiger partial charge on any atom is 0.288 e. The van der Waals surface area contributed by atoms with Gasteiger partial charge in [0.2, 0.25) is 0 Å². The molecule has 0 radical (unpaired) electrons. The predicted molar refractivity (Wildman–Crippen MR) is 58.3 cm³/mol. The van der Waals surface area contributed by atoms with Crippen molar-refractivity contribution in [3.63, 3.8) is 0 Å². The van der Waals surface area contributed by atoms with E-state index in [1.54, 1.807) is 12.1 Å². The second-order valence-corrected chi connectivity index (χ2v) is 4.80. The summed E-state index contributed by atoms with van der Waals surface area (Å²) in [7, 11) is 1.94. The van der Waals surface area contributed by atoms with E-state index in [1.165, 1.54) is 5.56 Å². The van der Waals surface area contributed by atoms with E-state index in [0.29, 0.717) is 16.7 Å². The van der Waals surface area contributed by atoms with Gasteiger partial charge in [0.05, 0.1) is 0 Å². The van der Waals surface area contributed by atoms with Crippen LogP contribution in [0, 0.1) is 0 Å². The summed E-state index contributed by atoms with van der Waals surface area (Å²) < 4.78 is 24.2. The van der Waals surface area contributed by atoms with Crippen molar-refractivity contribution in [3.05, 3.63) is 29.8 Å². The molecule has 1 fully saturated rings. The molecule has 0 amide bonds. The molecule has 1 N–H and O–H groups in total. The Kier molecular flexibility index (Phi) is 2.98. The van der Waals surface area contributed by atoms with E-state index in [9.17, 15) is 8.78 Å². The molecule has 0 atom stereocenters. The number of nitrogens with one attached hydrogen (secondary N) is 1. The third kappa shape index (κ3) is 2.32. The average molecular weight is 229 g/mol. The highest BCUT2D eigenvalue weighted by atomic mass is 32.2. The van der Waals surface area contributed by atoms with E-state index in [0.717, 1.165) is 12.8 Å². The van der Waals surface area contributed by atoms with E-state index in [4.69, 9.17) is 0 Å².